The van der Waals surface area contributed by atoms with Crippen LogP contribution in [0.25, 0.3) is 0 Å². The molecule has 4 N–H and O–H groups in total. The Hall–Kier alpha value is -1.63. The number of aromatic nitrogens is 1. The number of rotatable bonds is 5. The lowest BCUT2D eigenvalue weighted by Crippen LogP contribution is -2.39. The quantitative estimate of drug-likeness (QED) is 0.733. The molecule has 0 saturated carbocycles. The van der Waals surface area contributed by atoms with E-state index in [4.69, 9.17) is 11.5 Å². The SMILES string of the molecule is CCN(CC(N)=O)C(=O)Cc1csc(N)n1. The summed E-state index contributed by atoms with van der Waals surface area (Å²) in [6, 6.07) is 0. The molecule has 0 atom stereocenters. The van der Waals surface area contributed by atoms with Gasteiger partial charge >= 0.3 is 0 Å². The van der Waals surface area contributed by atoms with Gasteiger partial charge < -0.3 is 16.4 Å². The van der Waals surface area contributed by atoms with Gasteiger partial charge in [0.25, 0.3) is 0 Å². The van der Waals surface area contributed by atoms with Crippen molar-refractivity contribution in [2.45, 2.75) is 13.3 Å². The number of carbonyl (C=O) groups is 2. The zero-order chi connectivity index (χ0) is 12.1. The number of hydrogen-bond donors (Lipinski definition) is 2. The monoisotopic (exact) mass is 242 g/mol. The molecule has 0 spiro atoms. The van der Waals surface area contributed by atoms with Crippen LogP contribution in [0.5, 0.6) is 0 Å². The predicted octanol–water partition coefficient (Wildman–Crippen LogP) is -0.398. The molecule has 0 aromatic carbocycles. The first-order valence-corrected chi connectivity index (χ1v) is 5.66. The third kappa shape index (κ3) is 3.50. The standard InChI is InChI=1S/C9H14N4O2S/c1-2-13(4-7(10)14)8(15)3-6-5-16-9(11)12-6/h5H,2-4H2,1H3,(H2,10,14)(H2,11,12). The Morgan fingerprint density at radius 1 is 1.56 bits per heavy atom. The summed E-state index contributed by atoms with van der Waals surface area (Å²) in [5.41, 5.74) is 11.1. The zero-order valence-corrected chi connectivity index (χ0v) is 9.79. The molecule has 0 aliphatic rings. The Balaban J connectivity index is 2.59. The maximum absolute atomic E-state index is 11.7. The second-order valence-electron chi connectivity index (χ2n) is 3.23. The van der Waals surface area contributed by atoms with Gasteiger partial charge in [0.05, 0.1) is 18.7 Å². The van der Waals surface area contributed by atoms with Crippen molar-refractivity contribution in [1.82, 2.24) is 9.88 Å². The molecule has 1 rings (SSSR count). The van der Waals surface area contributed by atoms with E-state index >= 15 is 0 Å². The van der Waals surface area contributed by atoms with E-state index in [-0.39, 0.29) is 18.9 Å². The van der Waals surface area contributed by atoms with E-state index in [1.54, 1.807) is 12.3 Å². The first-order chi connectivity index (χ1) is 7.52. The summed E-state index contributed by atoms with van der Waals surface area (Å²) in [4.78, 5) is 27.8. The summed E-state index contributed by atoms with van der Waals surface area (Å²) < 4.78 is 0. The smallest absolute Gasteiger partial charge is 0.237 e. The van der Waals surface area contributed by atoms with Gasteiger partial charge in [-0.3, -0.25) is 9.59 Å². The van der Waals surface area contributed by atoms with Gasteiger partial charge in [0.15, 0.2) is 5.13 Å². The summed E-state index contributed by atoms with van der Waals surface area (Å²) in [6.07, 6.45) is 0.148. The molecule has 1 heterocycles. The first-order valence-electron chi connectivity index (χ1n) is 4.79. The summed E-state index contributed by atoms with van der Waals surface area (Å²) in [5.74, 6) is -0.695. The average Bonchev–Trinajstić information content (AvgIpc) is 2.60. The van der Waals surface area contributed by atoms with Gasteiger partial charge in [-0.15, -0.1) is 11.3 Å². The van der Waals surface area contributed by atoms with Crippen molar-refractivity contribution < 1.29 is 9.59 Å². The first kappa shape index (κ1) is 12.4. The van der Waals surface area contributed by atoms with Crippen LogP contribution in [-0.2, 0) is 16.0 Å². The van der Waals surface area contributed by atoms with Gasteiger partial charge in [-0.25, -0.2) is 4.98 Å². The highest BCUT2D eigenvalue weighted by atomic mass is 32.1. The van der Waals surface area contributed by atoms with Crippen LogP contribution in [-0.4, -0.2) is 34.8 Å². The number of likely N-dealkylation sites (N-methyl/N-ethyl adjacent to an activating group) is 1. The number of amides is 2. The third-order valence-electron chi connectivity index (χ3n) is 1.98. The Bertz CT molecular complexity index is 391. The number of thiazole rings is 1. The summed E-state index contributed by atoms with van der Waals surface area (Å²) in [6.45, 7) is 2.17. The molecule has 0 unspecified atom stereocenters. The van der Waals surface area contributed by atoms with Crippen molar-refractivity contribution in [2.75, 3.05) is 18.8 Å². The molecule has 88 valence electrons. The highest BCUT2D eigenvalue weighted by molar-refractivity contribution is 7.13. The number of hydrogen-bond acceptors (Lipinski definition) is 5. The van der Waals surface area contributed by atoms with Gasteiger partial charge in [-0.05, 0) is 6.92 Å². The van der Waals surface area contributed by atoms with Crippen molar-refractivity contribution in [2.24, 2.45) is 5.73 Å². The van der Waals surface area contributed by atoms with Crippen LogP contribution in [0.2, 0.25) is 0 Å². The largest absolute Gasteiger partial charge is 0.375 e. The van der Waals surface area contributed by atoms with Crippen molar-refractivity contribution in [3.63, 3.8) is 0 Å². The maximum Gasteiger partial charge on any atom is 0.237 e. The number of carbonyl (C=O) groups excluding carboxylic acids is 2. The summed E-state index contributed by atoms with van der Waals surface area (Å²) in [5, 5.41) is 2.16. The van der Waals surface area contributed by atoms with E-state index < -0.39 is 5.91 Å². The molecule has 0 saturated heterocycles. The molecule has 0 aliphatic carbocycles. The van der Waals surface area contributed by atoms with E-state index in [2.05, 4.69) is 4.98 Å². The minimum absolute atomic E-state index is 0.0606. The molecule has 0 bridgehead atoms. The van der Waals surface area contributed by atoms with E-state index in [0.29, 0.717) is 17.4 Å². The molecular formula is C9H14N4O2S. The highest BCUT2D eigenvalue weighted by Gasteiger charge is 2.15. The number of nitrogens with zero attached hydrogens (tertiary/aromatic N) is 2. The van der Waals surface area contributed by atoms with Gasteiger partial charge in [0.2, 0.25) is 11.8 Å². The number of anilines is 1. The molecule has 6 nitrogen and oxygen atoms in total. The van der Waals surface area contributed by atoms with Crippen LogP contribution in [0, 0.1) is 0 Å². The third-order valence-corrected chi connectivity index (χ3v) is 2.71. The lowest BCUT2D eigenvalue weighted by atomic mass is 10.3. The molecule has 2 amide bonds. The van der Waals surface area contributed by atoms with Gasteiger partial charge in [0, 0.05) is 11.9 Å². The van der Waals surface area contributed by atoms with Crippen molar-refractivity contribution in [3.8, 4) is 0 Å². The normalized spacial score (nSPS) is 10.1. The second kappa shape index (κ2) is 5.45. The lowest BCUT2D eigenvalue weighted by Gasteiger charge is -2.18. The number of nitrogen functional groups attached to an aromatic ring is 1. The molecule has 16 heavy (non-hydrogen) atoms. The topological polar surface area (TPSA) is 102 Å². The van der Waals surface area contributed by atoms with Crippen LogP contribution in [0.15, 0.2) is 5.38 Å². The fraction of sp³-hybridized carbons (Fsp3) is 0.444. The fourth-order valence-electron chi connectivity index (χ4n) is 1.24. The van der Waals surface area contributed by atoms with Crippen molar-refractivity contribution in [3.05, 3.63) is 11.1 Å². The molecular weight excluding hydrogens is 228 g/mol. The van der Waals surface area contributed by atoms with Crippen LogP contribution < -0.4 is 11.5 Å². The van der Waals surface area contributed by atoms with Crippen LogP contribution in [0.3, 0.4) is 0 Å². The fourth-order valence-corrected chi connectivity index (χ4v) is 1.80. The van der Waals surface area contributed by atoms with E-state index in [1.807, 2.05) is 0 Å². The Morgan fingerprint density at radius 2 is 2.25 bits per heavy atom. The van der Waals surface area contributed by atoms with Crippen molar-refractivity contribution >= 4 is 28.3 Å². The Morgan fingerprint density at radius 3 is 2.69 bits per heavy atom. The predicted molar refractivity (Wildman–Crippen MR) is 61.7 cm³/mol. The molecule has 1 aromatic rings. The molecule has 0 radical (unpaired) electrons. The Labute approximate surface area is 97.2 Å². The van der Waals surface area contributed by atoms with E-state index in [0.717, 1.165) is 0 Å². The van der Waals surface area contributed by atoms with E-state index in [1.165, 1.54) is 16.2 Å². The molecule has 1 aromatic heterocycles. The van der Waals surface area contributed by atoms with Crippen molar-refractivity contribution in [1.29, 1.82) is 0 Å². The summed E-state index contributed by atoms with van der Waals surface area (Å²) in [7, 11) is 0. The summed E-state index contributed by atoms with van der Waals surface area (Å²) >= 11 is 1.28. The second-order valence-corrected chi connectivity index (χ2v) is 4.12. The zero-order valence-electron chi connectivity index (χ0n) is 8.97. The van der Waals surface area contributed by atoms with Gasteiger partial charge in [-0.1, -0.05) is 0 Å². The maximum atomic E-state index is 11.7. The average molecular weight is 242 g/mol. The van der Waals surface area contributed by atoms with Crippen LogP contribution in [0.4, 0.5) is 5.13 Å². The molecule has 0 fully saturated rings. The van der Waals surface area contributed by atoms with Crippen LogP contribution >= 0.6 is 11.3 Å². The van der Waals surface area contributed by atoms with E-state index in [9.17, 15) is 9.59 Å². The molecule has 7 heteroatoms. The van der Waals surface area contributed by atoms with Crippen LogP contribution in [0.1, 0.15) is 12.6 Å². The minimum Gasteiger partial charge on any atom is -0.375 e. The number of nitrogens with two attached hydrogens (primary N) is 2. The van der Waals surface area contributed by atoms with Gasteiger partial charge in [0.1, 0.15) is 0 Å². The van der Waals surface area contributed by atoms with Gasteiger partial charge in [-0.2, -0.15) is 0 Å². The highest BCUT2D eigenvalue weighted by Crippen LogP contribution is 2.12. The molecule has 0 aliphatic heterocycles. The number of primary amides is 1. The minimum atomic E-state index is -0.520. The lowest BCUT2D eigenvalue weighted by molar-refractivity contribution is -0.134. The Kier molecular flexibility index (Phi) is 4.24.